The largest absolute Gasteiger partial charge is 0.280 e. The SMILES string of the molecule is CCC(C)(C)c1cnc(C(C)(CC)CC)nc1C(F)F. The molecule has 0 fully saturated rings. The van der Waals surface area contributed by atoms with E-state index < -0.39 is 6.43 Å². The molecule has 20 heavy (non-hydrogen) atoms. The van der Waals surface area contributed by atoms with Crippen LogP contribution in [0.1, 0.15) is 84.3 Å². The van der Waals surface area contributed by atoms with Crippen molar-refractivity contribution in [2.24, 2.45) is 0 Å². The molecule has 0 aromatic carbocycles. The summed E-state index contributed by atoms with van der Waals surface area (Å²) >= 11 is 0. The summed E-state index contributed by atoms with van der Waals surface area (Å²) in [6.07, 6.45) is 1.49. The van der Waals surface area contributed by atoms with Gasteiger partial charge in [0.2, 0.25) is 0 Å². The maximum absolute atomic E-state index is 13.4. The monoisotopic (exact) mass is 284 g/mol. The first kappa shape index (κ1) is 17.0. The third kappa shape index (κ3) is 3.15. The Morgan fingerprint density at radius 1 is 1.05 bits per heavy atom. The Labute approximate surface area is 121 Å². The van der Waals surface area contributed by atoms with Gasteiger partial charge in [0.05, 0.1) is 0 Å². The van der Waals surface area contributed by atoms with Gasteiger partial charge in [0.1, 0.15) is 11.5 Å². The Morgan fingerprint density at radius 2 is 1.60 bits per heavy atom. The Hall–Kier alpha value is -1.06. The zero-order valence-electron chi connectivity index (χ0n) is 13.4. The first-order valence-corrected chi connectivity index (χ1v) is 7.37. The van der Waals surface area contributed by atoms with Crippen molar-refractivity contribution < 1.29 is 8.78 Å². The van der Waals surface area contributed by atoms with Gasteiger partial charge in [0.25, 0.3) is 6.43 Å². The molecule has 0 aliphatic carbocycles. The molecule has 4 heteroatoms. The third-order valence-corrected chi connectivity index (χ3v) is 4.74. The second-order valence-electron chi connectivity index (χ2n) is 6.30. The average molecular weight is 284 g/mol. The minimum Gasteiger partial charge on any atom is -0.240 e. The minimum absolute atomic E-state index is 0.102. The second-order valence-corrected chi connectivity index (χ2v) is 6.30. The van der Waals surface area contributed by atoms with Gasteiger partial charge in [-0.25, -0.2) is 18.7 Å². The lowest BCUT2D eigenvalue weighted by atomic mass is 9.80. The number of aromatic nitrogens is 2. The quantitative estimate of drug-likeness (QED) is 0.719. The smallest absolute Gasteiger partial charge is 0.240 e. The summed E-state index contributed by atoms with van der Waals surface area (Å²) in [5.41, 5.74) is -0.110. The minimum atomic E-state index is -2.56. The van der Waals surface area contributed by atoms with Crippen molar-refractivity contribution in [3.8, 4) is 0 Å². The van der Waals surface area contributed by atoms with Gasteiger partial charge in [-0.1, -0.05) is 41.5 Å². The van der Waals surface area contributed by atoms with Crippen molar-refractivity contribution in [3.63, 3.8) is 0 Å². The van der Waals surface area contributed by atoms with Crippen molar-refractivity contribution in [2.45, 2.75) is 78.1 Å². The van der Waals surface area contributed by atoms with E-state index in [-0.39, 0.29) is 16.5 Å². The highest BCUT2D eigenvalue weighted by Gasteiger charge is 2.31. The molecule has 114 valence electrons. The van der Waals surface area contributed by atoms with E-state index >= 15 is 0 Å². The van der Waals surface area contributed by atoms with E-state index in [1.807, 2.05) is 41.5 Å². The average Bonchev–Trinajstić information content (AvgIpc) is 2.45. The molecule has 1 rings (SSSR count). The number of hydrogen-bond donors (Lipinski definition) is 0. The fourth-order valence-corrected chi connectivity index (χ4v) is 2.13. The van der Waals surface area contributed by atoms with Crippen LogP contribution in [0.4, 0.5) is 8.78 Å². The maximum atomic E-state index is 13.4. The highest BCUT2D eigenvalue weighted by molar-refractivity contribution is 5.28. The fraction of sp³-hybridized carbons (Fsp3) is 0.750. The summed E-state index contributed by atoms with van der Waals surface area (Å²) in [6, 6.07) is 0. The molecule has 1 heterocycles. The van der Waals surface area contributed by atoms with Gasteiger partial charge in [-0.15, -0.1) is 0 Å². The van der Waals surface area contributed by atoms with Crippen molar-refractivity contribution >= 4 is 0 Å². The standard InChI is InChI=1S/C16H26F2N2/c1-7-15(4,5)11-10-19-14(16(6,8-2)9-3)20-12(11)13(17)18/h10,13H,7-9H2,1-6H3. The molecule has 0 unspecified atom stereocenters. The normalized spacial score (nSPS) is 13.1. The van der Waals surface area contributed by atoms with E-state index in [0.717, 1.165) is 19.3 Å². The number of alkyl halides is 2. The molecule has 0 amide bonds. The summed E-state index contributed by atoms with van der Waals surface area (Å²) in [4.78, 5) is 8.64. The van der Waals surface area contributed by atoms with E-state index in [0.29, 0.717) is 11.4 Å². The summed E-state index contributed by atoms with van der Waals surface area (Å²) < 4.78 is 26.8. The highest BCUT2D eigenvalue weighted by atomic mass is 19.3. The molecular formula is C16H26F2N2. The van der Waals surface area contributed by atoms with E-state index in [1.165, 1.54) is 0 Å². The fourth-order valence-electron chi connectivity index (χ4n) is 2.13. The third-order valence-electron chi connectivity index (χ3n) is 4.74. The molecule has 0 aliphatic rings. The Kier molecular flexibility index (Phi) is 5.22. The molecule has 0 spiro atoms. The van der Waals surface area contributed by atoms with Gasteiger partial charge in [-0.3, -0.25) is 0 Å². The highest BCUT2D eigenvalue weighted by Crippen LogP contribution is 2.35. The van der Waals surface area contributed by atoms with Crippen LogP contribution in [0.25, 0.3) is 0 Å². The van der Waals surface area contributed by atoms with Crippen molar-refractivity contribution in [3.05, 3.63) is 23.3 Å². The number of nitrogens with zero attached hydrogens (tertiary/aromatic N) is 2. The molecule has 0 radical (unpaired) electrons. The molecule has 0 N–H and O–H groups in total. The van der Waals surface area contributed by atoms with E-state index in [9.17, 15) is 8.78 Å². The van der Waals surface area contributed by atoms with Gasteiger partial charge >= 0.3 is 0 Å². The van der Waals surface area contributed by atoms with Gasteiger partial charge in [-0.2, -0.15) is 0 Å². The molecule has 0 saturated heterocycles. The van der Waals surface area contributed by atoms with Crippen LogP contribution in [-0.4, -0.2) is 9.97 Å². The van der Waals surface area contributed by atoms with Crippen LogP contribution in [0, 0.1) is 0 Å². The summed E-state index contributed by atoms with van der Waals surface area (Å²) in [7, 11) is 0. The van der Waals surface area contributed by atoms with Crippen LogP contribution < -0.4 is 0 Å². The molecule has 0 atom stereocenters. The molecule has 2 nitrogen and oxygen atoms in total. The van der Waals surface area contributed by atoms with Gasteiger partial charge in [-0.05, 0) is 24.7 Å². The predicted molar refractivity (Wildman–Crippen MR) is 78.2 cm³/mol. The Balaban J connectivity index is 3.42. The van der Waals surface area contributed by atoms with Crippen LogP contribution in [0.3, 0.4) is 0 Å². The van der Waals surface area contributed by atoms with Crippen molar-refractivity contribution in [1.29, 1.82) is 0 Å². The predicted octanol–water partition coefficient (Wildman–Crippen LogP) is 5.18. The van der Waals surface area contributed by atoms with Crippen LogP contribution in [-0.2, 0) is 10.8 Å². The molecule has 1 aromatic heterocycles. The first-order valence-electron chi connectivity index (χ1n) is 7.37. The molecule has 1 aromatic rings. The lowest BCUT2D eigenvalue weighted by Crippen LogP contribution is -2.27. The van der Waals surface area contributed by atoms with Gasteiger partial charge < -0.3 is 0 Å². The molecule has 0 aliphatic heterocycles. The molecular weight excluding hydrogens is 258 g/mol. The Bertz CT molecular complexity index is 452. The van der Waals surface area contributed by atoms with Crippen molar-refractivity contribution in [2.75, 3.05) is 0 Å². The molecule has 0 saturated carbocycles. The first-order chi connectivity index (χ1) is 9.21. The van der Waals surface area contributed by atoms with Crippen LogP contribution in [0.2, 0.25) is 0 Å². The van der Waals surface area contributed by atoms with Gasteiger partial charge in [0.15, 0.2) is 0 Å². The summed E-state index contributed by atoms with van der Waals surface area (Å²) in [5, 5.41) is 0. The number of rotatable bonds is 6. The number of halogens is 2. The second kappa shape index (κ2) is 6.15. The van der Waals surface area contributed by atoms with E-state index in [1.54, 1.807) is 6.20 Å². The molecule has 0 bridgehead atoms. The van der Waals surface area contributed by atoms with Crippen molar-refractivity contribution in [1.82, 2.24) is 9.97 Å². The van der Waals surface area contributed by atoms with E-state index in [2.05, 4.69) is 9.97 Å². The number of hydrogen-bond acceptors (Lipinski definition) is 2. The van der Waals surface area contributed by atoms with Crippen LogP contribution in [0.5, 0.6) is 0 Å². The zero-order valence-corrected chi connectivity index (χ0v) is 13.4. The zero-order chi connectivity index (χ0) is 15.6. The topological polar surface area (TPSA) is 25.8 Å². The van der Waals surface area contributed by atoms with E-state index in [4.69, 9.17) is 0 Å². The summed E-state index contributed by atoms with van der Waals surface area (Å²) in [5.74, 6) is 0.536. The van der Waals surface area contributed by atoms with Crippen LogP contribution >= 0.6 is 0 Å². The Morgan fingerprint density at radius 3 is 2.00 bits per heavy atom. The van der Waals surface area contributed by atoms with Crippen LogP contribution in [0.15, 0.2) is 6.20 Å². The maximum Gasteiger partial charge on any atom is 0.280 e. The lowest BCUT2D eigenvalue weighted by molar-refractivity contribution is 0.141. The lowest BCUT2D eigenvalue weighted by Gasteiger charge is -2.29. The van der Waals surface area contributed by atoms with Gasteiger partial charge in [0, 0.05) is 17.2 Å². The summed E-state index contributed by atoms with van der Waals surface area (Å²) in [6.45, 7) is 12.0.